The Hall–Kier alpha value is -2.96. The van der Waals surface area contributed by atoms with E-state index in [4.69, 9.17) is 0 Å². The first-order valence-corrected chi connectivity index (χ1v) is 8.64. The van der Waals surface area contributed by atoms with E-state index in [9.17, 15) is 9.18 Å². The van der Waals surface area contributed by atoms with E-state index in [1.54, 1.807) is 16.8 Å². The normalized spacial score (nSPS) is 14.2. The number of carbonyl (C=O) groups is 1. The Balaban J connectivity index is 1.60. The Morgan fingerprint density at radius 1 is 1.12 bits per heavy atom. The Kier molecular flexibility index (Phi) is 4.06. The van der Waals surface area contributed by atoms with Gasteiger partial charge in [-0.2, -0.15) is 10.2 Å². The number of hydrogen-bond donors (Lipinski definition) is 0. The molecular weight excluding hydrogens is 333 g/mol. The van der Waals surface area contributed by atoms with Gasteiger partial charge in [-0.3, -0.25) is 14.2 Å². The molecule has 3 heterocycles. The largest absolute Gasteiger partial charge is 0.331 e. The van der Waals surface area contributed by atoms with Gasteiger partial charge in [0.05, 0.1) is 17.9 Å². The van der Waals surface area contributed by atoms with E-state index in [0.717, 1.165) is 35.6 Å². The number of fused-ring (bicyclic) bond motifs is 1. The summed E-state index contributed by atoms with van der Waals surface area (Å²) in [5.74, 6) is -0.330. The van der Waals surface area contributed by atoms with Crippen LogP contribution >= 0.6 is 0 Å². The van der Waals surface area contributed by atoms with Gasteiger partial charge in [0.25, 0.3) is 5.91 Å². The molecule has 0 bridgehead atoms. The van der Waals surface area contributed by atoms with Crippen LogP contribution in [0.15, 0.2) is 36.4 Å². The maximum atomic E-state index is 13.1. The lowest BCUT2D eigenvalue weighted by Crippen LogP contribution is -2.31. The molecule has 3 aromatic rings. The van der Waals surface area contributed by atoms with Crippen molar-refractivity contribution >= 4 is 5.91 Å². The van der Waals surface area contributed by atoms with Crippen molar-refractivity contribution in [3.05, 3.63) is 59.3 Å². The summed E-state index contributed by atoms with van der Waals surface area (Å²) in [5, 5.41) is 8.93. The molecule has 7 heteroatoms. The van der Waals surface area contributed by atoms with Crippen LogP contribution in [-0.2, 0) is 20.1 Å². The molecule has 0 fully saturated rings. The van der Waals surface area contributed by atoms with Crippen LogP contribution in [0, 0.1) is 12.7 Å². The minimum absolute atomic E-state index is 0.0633. The van der Waals surface area contributed by atoms with Gasteiger partial charge in [-0.1, -0.05) is 0 Å². The number of aromatic nitrogens is 4. The first kappa shape index (κ1) is 16.5. The van der Waals surface area contributed by atoms with Gasteiger partial charge in [-0.05, 0) is 49.7 Å². The maximum absolute atomic E-state index is 13.1. The molecule has 1 aliphatic heterocycles. The quantitative estimate of drug-likeness (QED) is 0.712. The van der Waals surface area contributed by atoms with E-state index in [1.807, 2.05) is 35.7 Å². The second-order valence-corrected chi connectivity index (χ2v) is 6.63. The molecule has 134 valence electrons. The summed E-state index contributed by atoms with van der Waals surface area (Å²) < 4.78 is 16.8. The van der Waals surface area contributed by atoms with Crippen molar-refractivity contribution in [3.8, 4) is 11.3 Å². The molecular formula is C19H20FN5O. The number of amides is 1. The van der Waals surface area contributed by atoms with Crippen molar-refractivity contribution in [2.45, 2.75) is 26.4 Å². The Labute approximate surface area is 150 Å². The van der Waals surface area contributed by atoms with E-state index in [-0.39, 0.29) is 11.7 Å². The minimum Gasteiger partial charge on any atom is -0.331 e. The minimum atomic E-state index is -0.267. The molecule has 0 spiro atoms. The Bertz CT molecular complexity index is 937. The van der Waals surface area contributed by atoms with Crippen LogP contribution in [-0.4, -0.2) is 36.9 Å². The zero-order chi connectivity index (χ0) is 18.3. The lowest BCUT2D eigenvalue weighted by Gasteiger charge is -2.18. The van der Waals surface area contributed by atoms with Gasteiger partial charge in [0, 0.05) is 31.4 Å². The van der Waals surface area contributed by atoms with Crippen molar-refractivity contribution < 1.29 is 9.18 Å². The topological polar surface area (TPSA) is 56.0 Å². The summed E-state index contributed by atoms with van der Waals surface area (Å²) in [6.07, 6.45) is 0.828. The van der Waals surface area contributed by atoms with Crippen LogP contribution in [0.4, 0.5) is 4.39 Å². The molecule has 4 rings (SSSR count). The van der Waals surface area contributed by atoms with Crippen molar-refractivity contribution in [1.29, 1.82) is 0 Å². The van der Waals surface area contributed by atoms with E-state index < -0.39 is 0 Å². The Morgan fingerprint density at radius 3 is 2.58 bits per heavy atom. The fraction of sp³-hybridized carbons (Fsp3) is 0.316. The van der Waals surface area contributed by atoms with Gasteiger partial charge in [-0.15, -0.1) is 0 Å². The second-order valence-electron chi connectivity index (χ2n) is 6.63. The first-order chi connectivity index (χ1) is 12.5. The molecule has 6 nitrogen and oxygen atoms in total. The summed E-state index contributed by atoms with van der Waals surface area (Å²) >= 11 is 0. The van der Waals surface area contributed by atoms with Gasteiger partial charge in [-0.25, -0.2) is 4.39 Å². The molecule has 2 aromatic heterocycles. The van der Waals surface area contributed by atoms with E-state index in [2.05, 4.69) is 10.2 Å². The highest BCUT2D eigenvalue weighted by Crippen LogP contribution is 2.23. The van der Waals surface area contributed by atoms with E-state index in [1.165, 1.54) is 12.1 Å². The van der Waals surface area contributed by atoms with Gasteiger partial charge in [0.15, 0.2) is 5.69 Å². The fourth-order valence-corrected chi connectivity index (χ4v) is 3.22. The predicted octanol–water partition coefficient (Wildman–Crippen LogP) is 2.78. The predicted molar refractivity (Wildman–Crippen MR) is 94.9 cm³/mol. The highest BCUT2D eigenvalue weighted by molar-refractivity contribution is 5.92. The van der Waals surface area contributed by atoms with Crippen LogP contribution in [0.2, 0.25) is 0 Å². The van der Waals surface area contributed by atoms with Crippen LogP contribution < -0.4 is 0 Å². The van der Waals surface area contributed by atoms with Crippen LogP contribution in [0.5, 0.6) is 0 Å². The van der Waals surface area contributed by atoms with Gasteiger partial charge in [0.1, 0.15) is 5.82 Å². The molecule has 0 atom stereocenters. The van der Waals surface area contributed by atoms with Crippen LogP contribution in [0.3, 0.4) is 0 Å². The molecule has 26 heavy (non-hydrogen) atoms. The molecule has 1 aliphatic rings. The average Bonchev–Trinajstić information content (AvgIpc) is 3.11. The molecule has 0 saturated heterocycles. The second kappa shape index (κ2) is 6.40. The summed E-state index contributed by atoms with van der Waals surface area (Å²) in [7, 11) is 1.83. The third kappa shape index (κ3) is 3.00. The molecule has 0 N–H and O–H groups in total. The fourth-order valence-electron chi connectivity index (χ4n) is 3.22. The highest BCUT2D eigenvalue weighted by atomic mass is 19.1. The SMILES string of the molecule is Cc1cc(C(=O)N2CCCn3nc(-c4ccc(F)cc4)cc3C2)nn1C. The van der Waals surface area contributed by atoms with E-state index in [0.29, 0.717) is 18.8 Å². The van der Waals surface area contributed by atoms with Gasteiger partial charge >= 0.3 is 0 Å². The lowest BCUT2D eigenvalue weighted by atomic mass is 10.1. The van der Waals surface area contributed by atoms with Crippen molar-refractivity contribution in [3.63, 3.8) is 0 Å². The van der Waals surface area contributed by atoms with Crippen molar-refractivity contribution in [2.75, 3.05) is 6.54 Å². The molecule has 1 amide bonds. The zero-order valence-corrected chi connectivity index (χ0v) is 14.8. The summed E-state index contributed by atoms with van der Waals surface area (Å²) in [6.45, 7) is 3.84. The Morgan fingerprint density at radius 2 is 1.88 bits per heavy atom. The number of aryl methyl sites for hydroxylation is 3. The number of hydrogen-bond acceptors (Lipinski definition) is 3. The monoisotopic (exact) mass is 353 g/mol. The smallest absolute Gasteiger partial charge is 0.274 e. The molecule has 1 aromatic carbocycles. The summed E-state index contributed by atoms with van der Waals surface area (Å²) in [5.41, 5.74) is 4.06. The number of nitrogens with zero attached hydrogens (tertiary/aromatic N) is 5. The highest BCUT2D eigenvalue weighted by Gasteiger charge is 2.24. The maximum Gasteiger partial charge on any atom is 0.274 e. The van der Waals surface area contributed by atoms with Gasteiger partial charge in [0.2, 0.25) is 0 Å². The molecule has 0 aliphatic carbocycles. The molecule has 0 radical (unpaired) electrons. The lowest BCUT2D eigenvalue weighted by molar-refractivity contribution is 0.0739. The summed E-state index contributed by atoms with van der Waals surface area (Å²) in [4.78, 5) is 14.6. The van der Waals surface area contributed by atoms with Gasteiger partial charge < -0.3 is 4.90 Å². The summed E-state index contributed by atoms with van der Waals surface area (Å²) in [6, 6.07) is 10.1. The zero-order valence-electron chi connectivity index (χ0n) is 14.8. The average molecular weight is 353 g/mol. The van der Waals surface area contributed by atoms with E-state index >= 15 is 0 Å². The standard InChI is InChI=1S/C19H20FN5O/c1-13-10-18(21-23(13)2)19(26)24-8-3-9-25-16(12-24)11-17(22-25)14-4-6-15(20)7-5-14/h4-7,10-11H,3,8-9,12H2,1-2H3. The third-order valence-corrected chi connectivity index (χ3v) is 4.77. The molecule has 0 saturated carbocycles. The van der Waals surface area contributed by atoms with Crippen molar-refractivity contribution in [2.24, 2.45) is 7.05 Å². The number of carbonyl (C=O) groups excluding carboxylic acids is 1. The first-order valence-electron chi connectivity index (χ1n) is 8.64. The molecule has 0 unspecified atom stereocenters. The number of benzene rings is 1. The van der Waals surface area contributed by atoms with Crippen molar-refractivity contribution in [1.82, 2.24) is 24.5 Å². The number of rotatable bonds is 2. The third-order valence-electron chi connectivity index (χ3n) is 4.77. The number of halogens is 1. The van der Waals surface area contributed by atoms with Crippen LogP contribution in [0.1, 0.15) is 28.3 Å². The van der Waals surface area contributed by atoms with Crippen LogP contribution in [0.25, 0.3) is 11.3 Å².